The minimum absolute atomic E-state index is 0. The molecule has 0 saturated heterocycles. The summed E-state index contributed by atoms with van der Waals surface area (Å²) in [4.78, 5) is 4.18. The van der Waals surface area contributed by atoms with E-state index in [9.17, 15) is 5.11 Å². The van der Waals surface area contributed by atoms with E-state index in [0.717, 1.165) is 20.1 Å². The molecule has 0 fully saturated rings. The second-order valence-electron chi connectivity index (χ2n) is 6.89. The fraction of sp³-hybridized carbons (Fsp3) is 0.0769. The summed E-state index contributed by atoms with van der Waals surface area (Å²) in [7, 11) is 0. The van der Waals surface area contributed by atoms with Gasteiger partial charge >= 0.3 is 0 Å². The zero-order valence-electron chi connectivity index (χ0n) is 17.8. The van der Waals surface area contributed by atoms with Gasteiger partial charge in [-0.05, 0) is 59.7 Å². The maximum atomic E-state index is 10.7. The van der Waals surface area contributed by atoms with E-state index in [1.54, 1.807) is 30.5 Å². The van der Waals surface area contributed by atoms with Crippen LogP contribution < -0.4 is 9.47 Å². The number of aliphatic hydroxyl groups is 1. The standard InChI is InChI=1S/C25H19Br2NO3.CH3.Ir/c26-20-7-3-17(4-8-20)15-30-22-12-19(25(29)24-2-1-11-28-24)13-23(14-22)31-16-18-5-9-21(27)10-6-18;;/h1-14,29H,15-16H2;1H3;/q;-1;/b25-24-;;. The predicted octanol–water partition coefficient (Wildman–Crippen LogP) is 7.68. The summed E-state index contributed by atoms with van der Waals surface area (Å²) in [5.41, 5.74) is 3.16. The topological polar surface area (TPSA) is 51.1 Å². The van der Waals surface area contributed by atoms with Crippen LogP contribution in [0.1, 0.15) is 16.7 Å². The predicted molar refractivity (Wildman–Crippen MR) is 137 cm³/mol. The Morgan fingerprint density at radius 2 is 1.27 bits per heavy atom. The van der Waals surface area contributed by atoms with E-state index in [1.807, 2.05) is 54.6 Å². The molecule has 4 nitrogen and oxygen atoms in total. The van der Waals surface area contributed by atoms with Gasteiger partial charge in [-0.3, -0.25) is 4.99 Å². The number of halogens is 2. The molecule has 0 atom stereocenters. The first-order valence-electron chi connectivity index (χ1n) is 9.61. The molecule has 33 heavy (non-hydrogen) atoms. The van der Waals surface area contributed by atoms with Crippen LogP contribution in [0.5, 0.6) is 11.5 Å². The van der Waals surface area contributed by atoms with Crippen molar-refractivity contribution in [2.75, 3.05) is 0 Å². The summed E-state index contributed by atoms with van der Waals surface area (Å²) in [6.07, 6.45) is 5.18. The average Bonchev–Trinajstić information content (AvgIpc) is 3.33. The van der Waals surface area contributed by atoms with E-state index < -0.39 is 0 Å². The molecule has 0 spiro atoms. The van der Waals surface area contributed by atoms with E-state index >= 15 is 0 Å². The average molecular weight is 748 g/mol. The molecule has 0 bridgehead atoms. The van der Waals surface area contributed by atoms with Crippen molar-refractivity contribution in [2.45, 2.75) is 13.2 Å². The first kappa shape index (κ1) is 27.1. The van der Waals surface area contributed by atoms with E-state index in [0.29, 0.717) is 36.0 Å². The number of allylic oxidation sites excluding steroid dienone is 2. The van der Waals surface area contributed by atoms with Gasteiger partial charge in [-0.25, -0.2) is 0 Å². The van der Waals surface area contributed by atoms with E-state index in [4.69, 9.17) is 9.47 Å². The van der Waals surface area contributed by atoms with Crippen LogP contribution in [0.25, 0.3) is 5.76 Å². The molecular formula is C26H22Br2IrNO3-. The van der Waals surface area contributed by atoms with Crippen molar-refractivity contribution in [2.24, 2.45) is 4.99 Å². The Labute approximate surface area is 224 Å². The molecule has 1 radical (unpaired) electrons. The Bertz CT molecular complexity index is 1080. The van der Waals surface area contributed by atoms with Crippen LogP contribution in [0.15, 0.2) is 98.5 Å². The molecule has 0 aliphatic carbocycles. The van der Waals surface area contributed by atoms with Crippen molar-refractivity contribution in [1.82, 2.24) is 0 Å². The summed E-state index contributed by atoms with van der Waals surface area (Å²) in [6.45, 7) is 0.802. The Kier molecular flexibility index (Phi) is 10.6. The maximum Gasteiger partial charge on any atom is 0.148 e. The van der Waals surface area contributed by atoms with Gasteiger partial charge in [0.15, 0.2) is 0 Å². The van der Waals surface area contributed by atoms with Gasteiger partial charge in [0.2, 0.25) is 0 Å². The van der Waals surface area contributed by atoms with Crippen LogP contribution in [0.2, 0.25) is 0 Å². The van der Waals surface area contributed by atoms with Gasteiger partial charge in [-0.1, -0.05) is 56.1 Å². The van der Waals surface area contributed by atoms with Gasteiger partial charge in [-0.2, -0.15) is 0 Å². The zero-order valence-corrected chi connectivity index (χ0v) is 23.4. The van der Waals surface area contributed by atoms with E-state index in [-0.39, 0.29) is 33.3 Å². The number of nitrogens with zero attached hydrogens (tertiary/aromatic N) is 1. The molecule has 1 heterocycles. The molecule has 1 aliphatic heterocycles. The fourth-order valence-electron chi connectivity index (χ4n) is 2.96. The number of ether oxygens (including phenoxy) is 2. The number of hydrogen-bond acceptors (Lipinski definition) is 4. The molecule has 0 unspecified atom stereocenters. The minimum Gasteiger partial charge on any atom is -0.505 e. The normalized spacial score (nSPS) is 13.2. The van der Waals surface area contributed by atoms with Crippen molar-refractivity contribution in [3.05, 3.63) is 118 Å². The van der Waals surface area contributed by atoms with Crippen molar-refractivity contribution in [1.29, 1.82) is 0 Å². The maximum absolute atomic E-state index is 10.7. The van der Waals surface area contributed by atoms with Crippen molar-refractivity contribution in [3.8, 4) is 11.5 Å². The second-order valence-corrected chi connectivity index (χ2v) is 8.73. The van der Waals surface area contributed by atoms with E-state index in [1.165, 1.54) is 0 Å². The van der Waals surface area contributed by atoms with Gasteiger partial charge in [0.25, 0.3) is 0 Å². The van der Waals surface area contributed by atoms with Crippen LogP contribution in [0.3, 0.4) is 0 Å². The zero-order chi connectivity index (χ0) is 21.6. The molecule has 7 heteroatoms. The molecule has 4 rings (SSSR count). The quantitative estimate of drug-likeness (QED) is 0.199. The van der Waals surface area contributed by atoms with Crippen LogP contribution in [-0.2, 0) is 33.3 Å². The third kappa shape index (κ3) is 7.68. The number of benzene rings is 3. The molecule has 1 aliphatic rings. The van der Waals surface area contributed by atoms with Crippen LogP contribution >= 0.6 is 31.9 Å². The third-order valence-corrected chi connectivity index (χ3v) is 5.64. The minimum atomic E-state index is 0. The first-order valence-corrected chi connectivity index (χ1v) is 11.2. The van der Waals surface area contributed by atoms with Crippen LogP contribution in [0, 0.1) is 7.43 Å². The van der Waals surface area contributed by atoms with Gasteiger partial charge in [0.1, 0.15) is 36.2 Å². The summed E-state index contributed by atoms with van der Waals surface area (Å²) < 4.78 is 14.0. The van der Waals surface area contributed by atoms with Gasteiger partial charge < -0.3 is 22.0 Å². The fourth-order valence-corrected chi connectivity index (χ4v) is 3.49. The molecule has 0 amide bonds. The first-order chi connectivity index (χ1) is 15.1. The largest absolute Gasteiger partial charge is 0.505 e. The monoisotopic (exact) mass is 747 g/mol. The molecule has 0 saturated carbocycles. The van der Waals surface area contributed by atoms with Gasteiger partial charge in [0, 0.05) is 46.9 Å². The Hall–Kier alpha value is -2.18. The Morgan fingerprint density at radius 3 is 1.70 bits per heavy atom. The third-order valence-electron chi connectivity index (χ3n) is 4.59. The summed E-state index contributed by atoms with van der Waals surface area (Å²) >= 11 is 6.88. The van der Waals surface area contributed by atoms with Gasteiger partial charge in [-0.15, -0.1) is 0 Å². The Morgan fingerprint density at radius 1 is 0.788 bits per heavy atom. The number of hydrogen-bond donors (Lipinski definition) is 1. The summed E-state index contributed by atoms with van der Waals surface area (Å²) in [6, 6.07) is 21.3. The number of aliphatic imine (C=N–C) groups is 1. The van der Waals surface area contributed by atoms with Gasteiger partial charge in [0.05, 0.1) is 0 Å². The molecule has 0 aromatic heterocycles. The van der Waals surface area contributed by atoms with Crippen LogP contribution in [-0.4, -0.2) is 11.3 Å². The number of rotatable bonds is 7. The molecule has 1 N–H and O–H groups in total. The SMILES string of the molecule is O/C(=C1/C=CC=N1)c1cc(OCc2ccc(Br)cc2)cc(OCc2ccc(Br)cc2)c1.[CH3-].[Ir]. The smallest absolute Gasteiger partial charge is 0.148 e. The van der Waals surface area contributed by atoms with Crippen molar-refractivity contribution >= 4 is 43.8 Å². The Balaban J connectivity index is 0.00000193. The molecular weight excluding hydrogens is 726 g/mol. The van der Waals surface area contributed by atoms with Crippen molar-refractivity contribution < 1.29 is 34.7 Å². The summed E-state index contributed by atoms with van der Waals surface area (Å²) in [5.74, 6) is 1.28. The number of aliphatic hydroxyl groups excluding tert-OH is 1. The van der Waals surface area contributed by atoms with Crippen molar-refractivity contribution in [3.63, 3.8) is 0 Å². The molecule has 173 valence electrons. The van der Waals surface area contributed by atoms with Crippen LogP contribution in [0.4, 0.5) is 0 Å². The summed E-state index contributed by atoms with van der Waals surface area (Å²) in [5, 5.41) is 10.7. The second kappa shape index (κ2) is 12.9. The molecule has 3 aromatic carbocycles. The molecule has 3 aromatic rings. The van der Waals surface area contributed by atoms with E-state index in [2.05, 4.69) is 36.9 Å².